The van der Waals surface area contributed by atoms with Crippen molar-refractivity contribution in [3.05, 3.63) is 45.9 Å². The van der Waals surface area contributed by atoms with Crippen LogP contribution in [0.25, 0.3) is 0 Å². The Morgan fingerprint density at radius 1 is 1.38 bits per heavy atom. The summed E-state index contributed by atoms with van der Waals surface area (Å²) >= 11 is 4.36. The third-order valence-electron chi connectivity index (χ3n) is 2.79. The number of hydrogen-bond donors (Lipinski definition) is 2. The van der Waals surface area contributed by atoms with Crippen LogP contribution < -0.4 is 5.32 Å². The molecular weight excluding hydrogens is 403 g/mol. The molecule has 0 unspecified atom stereocenters. The number of halogens is 2. The number of nitrogens with one attached hydrogen (secondary N) is 2. The van der Waals surface area contributed by atoms with E-state index in [-0.39, 0.29) is 17.3 Å². The maximum atomic E-state index is 13.2. The lowest BCUT2D eigenvalue weighted by Crippen LogP contribution is -2.13. The number of aryl methyl sites for hydroxylation is 1. The van der Waals surface area contributed by atoms with Crippen LogP contribution >= 0.6 is 27.7 Å². The fourth-order valence-electron chi connectivity index (χ4n) is 1.74. The molecule has 0 aliphatic carbocycles. The van der Waals surface area contributed by atoms with Crippen molar-refractivity contribution in [2.45, 2.75) is 17.7 Å². The highest BCUT2D eigenvalue weighted by Crippen LogP contribution is 2.24. The lowest BCUT2D eigenvalue weighted by molar-refractivity contribution is 0.298. The van der Waals surface area contributed by atoms with Crippen molar-refractivity contribution < 1.29 is 13.5 Å². The van der Waals surface area contributed by atoms with E-state index in [1.54, 1.807) is 6.92 Å². The molecule has 2 N–H and O–H groups in total. The Labute approximate surface area is 147 Å². The lowest BCUT2D eigenvalue weighted by Gasteiger charge is -2.06. The van der Waals surface area contributed by atoms with Crippen LogP contribution in [0, 0.1) is 18.2 Å². The van der Waals surface area contributed by atoms with Crippen molar-refractivity contribution in [3.8, 4) is 0 Å². The van der Waals surface area contributed by atoms with Gasteiger partial charge in [-0.15, -0.1) is 0 Å². The second kappa shape index (κ2) is 7.09. The zero-order valence-corrected chi connectivity index (χ0v) is 14.6. The molecule has 24 heavy (non-hydrogen) atoms. The molecule has 1 aromatic carbocycles. The molecule has 2 heterocycles. The van der Waals surface area contributed by atoms with E-state index in [1.165, 1.54) is 30.0 Å². The minimum atomic E-state index is -0.387. The second-order valence-corrected chi connectivity index (χ2v) is 6.38. The molecule has 0 amide bonds. The average molecular weight is 413 g/mol. The Morgan fingerprint density at radius 2 is 2.21 bits per heavy atom. The summed E-state index contributed by atoms with van der Waals surface area (Å²) in [5.74, 6) is 0.964. The van der Waals surface area contributed by atoms with E-state index in [2.05, 4.69) is 41.7 Å². The maximum absolute atomic E-state index is 13.2. The Hall–Kier alpha value is -2.27. The molecule has 0 bridgehead atoms. The fraction of sp³-hybridized carbons (Fsp3) is 0.154. The molecule has 0 fully saturated rings. The summed E-state index contributed by atoms with van der Waals surface area (Å²) < 4.78 is 23.1. The largest absolute Gasteiger partial charge is 0.340 e. The smallest absolute Gasteiger partial charge is 0.223 e. The van der Waals surface area contributed by atoms with Crippen LogP contribution in [0.15, 0.2) is 36.8 Å². The van der Waals surface area contributed by atoms with Gasteiger partial charge in [0.2, 0.25) is 5.89 Å². The molecule has 3 rings (SSSR count). The standard InChI is InChI=1S/C13H10BrFN6O2S/c1-6-17-10(19-22-6)5-24-13-11(20-23-21-13)12(16)18-7-2-3-9(15)8(14)4-7/h2-4H,5H2,1H3,(H2,16,18). The highest BCUT2D eigenvalue weighted by atomic mass is 79.9. The Balaban J connectivity index is 1.69. The highest BCUT2D eigenvalue weighted by Gasteiger charge is 2.17. The summed E-state index contributed by atoms with van der Waals surface area (Å²) in [6, 6.07) is 4.32. The van der Waals surface area contributed by atoms with Crippen molar-refractivity contribution in [2.75, 3.05) is 5.32 Å². The normalized spacial score (nSPS) is 10.8. The minimum Gasteiger partial charge on any atom is -0.340 e. The number of benzene rings is 1. The molecule has 124 valence electrons. The SMILES string of the molecule is Cc1nc(CSc2nonc2C(=N)Nc2ccc(F)c(Br)c2)no1. The Kier molecular flexibility index (Phi) is 4.90. The van der Waals surface area contributed by atoms with Gasteiger partial charge in [0.15, 0.2) is 22.4 Å². The number of hydrogen-bond acceptors (Lipinski definition) is 8. The molecule has 3 aromatic rings. The van der Waals surface area contributed by atoms with Crippen molar-refractivity contribution >= 4 is 39.2 Å². The van der Waals surface area contributed by atoms with Gasteiger partial charge in [0.05, 0.1) is 10.2 Å². The fourth-order valence-corrected chi connectivity index (χ4v) is 2.86. The molecule has 8 nitrogen and oxygen atoms in total. The zero-order chi connectivity index (χ0) is 17.1. The van der Waals surface area contributed by atoms with Crippen LogP contribution in [-0.2, 0) is 5.75 Å². The summed E-state index contributed by atoms with van der Waals surface area (Å²) in [7, 11) is 0. The van der Waals surface area contributed by atoms with E-state index >= 15 is 0 Å². The first-order valence-corrected chi connectivity index (χ1v) is 8.36. The number of anilines is 1. The van der Waals surface area contributed by atoms with Gasteiger partial charge < -0.3 is 9.84 Å². The molecular formula is C13H10BrFN6O2S. The first kappa shape index (κ1) is 16.6. The number of aromatic nitrogens is 4. The van der Waals surface area contributed by atoms with E-state index in [0.717, 1.165) is 0 Å². The van der Waals surface area contributed by atoms with Crippen molar-refractivity contribution in [1.29, 1.82) is 5.41 Å². The van der Waals surface area contributed by atoms with Crippen LogP contribution in [-0.4, -0.2) is 26.3 Å². The van der Waals surface area contributed by atoms with Crippen LogP contribution in [0.3, 0.4) is 0 Å². The number of rotatable bonds is 5. The first-order chi connectivity index (χ1) is 11.5. The van der Waals surface area contributed by atoms with Crippen molar-refractivity contribution in [2.24, 2.45) is 0 Å². The van der Waals surface area contributed by atoms with Gasteiger partial charge in [-0.2, -0.15) is 4.98 Å². The van der Waals surface area contributed by atoms with E-state index < -0.39 is 0 Å². The van der Waals surface area contributed by atoms with Crippen LogP contribution in [0.2, 0.25) is 0 Å². The molecule has 0 aliphatic heterocycles. The summed E-state index contributed by atoms with van der Waals surface area (Å²) in [4.78, 5) is 4.08. The van der Waals surface area contributed by atoms with Gasteiger partial charge in [-0.1, -0.05) is 16.9 Å². The third kappa shape index (κ3) is 3.79. The average Bonchev–Trinajstić information content (AvgIpc) is 3.17. The van der Waals surface area contributed by atoms with Gasteiger partial charge in [-0.3, -0.25) is 5.41 Å². The maximum Gasteiger partial charge on any atom is 0.223 e. The predicted molar refractivity (Wildman–Crippen MR) is 87.4 cm³/mol. The van der Waals surface area contributed by atoms with Gasteiger partial charge in [0.1, 0.15) is 5.82 Å². The van der Waals surface area contributed by atoms with Gasteiger partial charge >= 0.3 is 0 Å². The molecule has 0 atom stereocenters. The van der Waals surface area contributed by atoms with E-state index in [0.29, 0.717) is 32.7 Å². The second-order valence-electron chi connectivity index (χ2n) is 4.57. The highest BCUT2D eigenvalue weighted by molar-refractivity contribution is 9.10. The molecule has 2 aromatic heterocycles. The van der Waals surface area contributed by atoms with Gasteiger partial charge in [0.25, 0.3) is 0 Å². The van der Waals surface area contributed by atoms with Crippen LogP contribution in [0.1, 0.15) is 17.4 Å². The molecule has 0 aliphatic rings. The van der Waals surface area contributed by atoms with Crippen LogP contribution in [0.5, 0.6) is 0 Å². The molecule has 0 spiro atoms. The van der Waals surface area contributed by atoms with E-state index in [1.807, 2.05) is 0 Å². The molecule has 0 saturated heterocycles. The van der Waals surface area contributed by atoms with Crippen LogP contribution in [0.4, 0.5) is 10.1 Å². The quantitative estimate of drug-likeness (QED) is 0.372. The van der Waals surface area contributed by atoms with E-state index in [9.17, 15) is 4.39 Å². The summed E-state index contributed by atoms with van der Waals surface area (Å²) in [6.07, 6.45) is 0. The molecule has 0 radical (unpaired) electrons. The first-order valence-electron chi connectivity index (χ1n) is 6.58. The third-order valence-corrected chi connectivity index (χ3v) is 4.34. The lowest BCUT2D eigenvalue weighted by atomic mass is 10.3. The van der Waals surface area contributed by atoms with Crippen molar-refractivity contribution in [3.63, 3.8) is 0 Å². The predicted octanol–water partition coefficient (Wildman–Crippen LogP) is 3.39. The monoisotopic (exact) mass is 412 g/mol. The van der Waals surface area contributed by atoms with E-state index in [4.69, 9.17) is 14.6 Å². The number of nitrogens with zero attached hydrogens (tertiary/aromatic N) is 4. The Morgan fingerprint density at radius 3 is 2.92 bits per heavy atom. The van der Waals surface area contributed by atoms with Gasteiger partial charge in [-0.25, -0.2) is 9.02 Å². The topological polar surface area (TPSA) is 114 Å². The van der Waals surface area contributed by atoms with Gasteiger partial charge in [0, 0.05) is 12.6 Å². The number of amidine groups is 1. The number of thioether (sulfide) groups is 1. The Bertz CT molecular complexity index is 883. The summed E-state index contributed by atoms with van der Waals surface area (Å²) in [5.41, 5.74) is 0.765. The van der Waals surface area contributed by atoms with Gasteiger partial charge in [-0.05, 0) is 44.4 Å². The van der Waals surface area contributed by atoms with Crippen molar-refractivity contribution in [1.82, 2.24) is 20.5 Å². The summed E-state index contributed by atoms with van der Waals surface area (Å²) in [6.45, 7) is 1.70. The zero-order valence-electron chi connectivity index (χ0n) is 12.2. The summed E-state index contributed by atoms with van der Waals surface area (Å²) in [5, 5.41) is 22.6. The molecule has 11 heteroatoms. The molecule has 0 saturated carbocycles. The minimum absolute atomic E-state index is 0.0263.